The minimum atomic E-state index is -0.370. The number of piperazine rings is 1. The Hall–Kier alpha value is -2.74. The van der Waals surface area contributed by atoms with Gasteiger partial charge < -0.3 is 9.80 Å². The van der Waals surface area contributed by atoms with Gasteiger partial charge in [0.1, 0.15) is 5.52 Å². The third-order valence-electron chi connectivity index (χ3n) is 5.11. The van der Waals surface area contributed by atoms with E-state index < -0.39 is 0 Å². The van der Waals surface area contributed by atoms with E-state index in [4.69, 9.17) is 0 Å². The van der Waals surface area contributed by atoms with E-state index in [0.29, 0.717) is 17.4 Å². The molecule has 27 heavy (non-hydrogen) atoms. The fraction of sp³-hybridized carbons (Fsp3) is 0.474. The molecule has 0 radical (unpaired) electrons. The Morgan fingerprint density at radius 2 is 1.89 bits per heavy atom. The molecule has 1 aromatic carbocycles. The van der Waals surface area contributed by atoms with E-state index in [9.17, 15) is 14.9 Å². The Kier molecular flexibility index (Phi) is 5.85. The molecule has 0 spiro atoms. The summed E-state index contributed by atoms with van der Waals surface area (Å²) in [5, 5.41) is 11.8. The minimum absolute atomic E-state index is 0.0744. The van der Waals surface area contributed by atoms with Crippen LogP contribution < -0.4 is 4.90 Å². The van der Waals surface area contributed by atoms with Crippen LogP contribution in [0.25, 0.3) is 10.9 Å². The molecule has 0 atom stereocenters. The highest BCUT2D eigenvalue weighted by Crippen LogP contribution is 2.32. The first-order valence-electron chi connectivity index (χ1n) is 9.32. The van der Waals surface area contributed by atoms with Gasteiger partial charge in [0.15, 0.2) is 0 Å². The zero-order chi connectivity index (χ0) is 19.4. The molecule has 8 nitrogen and oxygen atoms in total. The SMILES string of the molecule is CCN(CC)C(=O)CN1CCN(c2ccc([N+](=O)[O-])c3cccnc23)CC1. The van der Waals surface area contributed by atoms with E-state index in [1.165, 1.54) is 0 Å². The number of nitro groups is 1. The zero-order valence-electron chi connectivity index (χ0n) is 15.8. The number of fused-ring (bicyclic) bond motifs is 1. The van der Waals surface area contributed by atoms with Crippen LogP contribution in [-0.4, -0.2) is 71.4 Å². The summed E-state index contributed by atoms with van der Waals surface area (Å²) in [6, 6.07) is 6.79. The summed E-state index contributed by atoms with van der Waals surface area (Å²) in [4.78, 5) is 33.8. The van der Waals surface area contributed by atoms with Crippen LogP contribution >= 0.6 is 0 Å². The predicted octanol–water partition coefficient (Wildman–Crippen LogP) is 2.13. The molecule has 2 aromatic rings. The molecular formula is C19H25N5O3. The molecule has 1 fully saturated rings. The second kappa shape index (κ2) is 8.30. The number of pyridine rings is 1. The standard InChI is InChI=1S/C19H25N5O3/c1-3-22(4-2)18(25)14-21-10-12-23(13-11-21)17-8-7-16(24(26)27)15-6-5-9-20-19(15)17/h5-9H,3-4,10-14H2,1-2H3. The molecule has 1 aliphatic heterocycles. The molecule has 1 saturated heterocycles. The van der Waals surface area contributed by atoms with Crippen LogP contribution in [0.15, 0.2) is 30.5 Å². The Balaban J connectivity index is 1.73. The maximum absolute atomic E-state index is 12.3. The molecule has 1 aromatic heterocycles. The van der Waals surface area contributed by atoms with Crippen molar-refractivity contribution in [3.05, 3.63) is 40.6 Å². The van der Waals surface area contributed by atoms with Crippen LogP contribution in [0.4, 0.5) is 11.4 Å². The molecule has 0 bridgehead atoms. The summed E-state index contributed by atoms with van der Waals surface area (Å²) < 4.78 is 0. The lowest BCUT2D eigenvalue weighted by Crippen LogP contribution is -2.50. The number of nitrogens with zero attached hydrogens (tertiary/aromatic N) is 5. The van der Waals surface area contributed by atoms with Crippen molar-refractivity contribution in [2.75, 3.05) is 50.7 Å². The van der Waals surface area contributed by atoms with Crippen molar-refractivity contribution in [3.8, 4) is 0 Å². The third-order valence-corrected chi connectivity index (χ3v) is 5.11. The van der Waals surface area contributed by atoms with Crippen LogP contribution in [-0.2, 0) is 4.79 Å². The van der Waals surface area contributed by atoms with Gasteiger partial charge in [0.25, 0.3) is 5.69 Å². The molecule has 0 aliphatic carbocycles. The van der Waals surface area contributed by atoms with Crippen molar-refractivity contribution in [1.82, 2.24) is 14.8 Å². The third kappa shape index (κ3) is 4.00. The van der Waals surface area contributed by atoms with Gasteiger partial charge in [-0.25, -0.2) is 0 Å². The smallest absolute Gasteiger partial charge is 0.278 e. The number of hydrogen-bond acceptors (Lipinski definition) is 6. The van der Waals surface area contributed by atoms with Crippen molar-refractivity contribution in [3.63, 3.8) is 0 Å². The van der Waals surface area contributed by atoms with E-state index in [2.05, 4.69) is 14.8 Å². The normalized spacial score (nSPS) is 15.1. The average molecular weight is 371 g/mol. The highest BCUT2D eigenvalue weighted by Gasteiger charge is 2.24. The number of non-ortho nitro benzene ring substituents is 1. The number of aromatic nitrogens is 1. The Morgan fingerprint density at radius 3 is 2.52 bits per heavy atom. The lowest BCUT2D eigenvalue weighted by atomic mass is 10.1. The second-order valence-electron chi connectivity index (χ2n) is 6.59. The van der Waals surface area contributed by atoms with Crippen LogP contribution in [0.5, 0.6) is 0 Å². The van der Waals surface area contributed by atoms with Gasteiger partial charge in [0.05, 0.1) is 22.5 Å². The van der Waals surface area contributed by atoms with Gasteiger partial charge >= 0.3 is 0 Å². The molecule has 8 heteroatoms. The molecule has 144 valence electrons. The monoisotopic (exact) mass is 371 g/mol. The van der Waals surface area contributed by atoms with Crippen LogP contribution in [0, 0.1) is 10.1 Å². The van der Waals surface area contributed by atoms with E-state index in [-0.39, 0.29) is 16.5 Å². The van der Waals surface area contributed by atoms with E-state index in [0.717, 1.165) is 45.0 Å². The minimum Gasteiger partial charge on any atom is -0.367 e. The Labute approximate surface area is 158 Å². The quantitative estimate of drug-likeness (QED) is 0.571. The van der Waals surface area contributed by atoms with Gasteiger partial charge in [0, 0.05) is 51.5 Å². The van der Waals surface area contributed by atoms with Crippen molar-refractivity contribution >= 4 is 28.2 Å². The van der Waals surface area contributed by atoms with E-state index in [1.54, 1.807) is 30.5 Å². The predicted molar refractivity (Wildman–Crippen MR) is 105 cm³/mol. The zero-order valence-corrected chi connectivity index (χ0v) is 15.8. The summed E-state index contributed by atoms with van der Waals surface area (Å²) in [6.45, 7) is 8.96. The largest absolute Gasteiger partial charge is 0.367 e. The fourth-order valence-corrected chi connectivity index (χ4v) is 3.57. The Bertz CT molecular complexity index is 829. The summed E-state index contributed by atoms with van der Waals surface area (Å²) in [5.41, 5.74) is 1.63. The lowest BCUT2D eigenvalue weighted by molar-refractivity contribution is -0.383. The van der Waals surface area contributed by atoms with E-state index in [1.807, 2.05) is 18.7 Å². The van der Waals surface area contributed by atoms with Gasteiger partial charge in [0.2, 0.25) is 5.91 Å². The first-order valence-corrected chi connectivity index (χ1v) is 9.32. The fourth-order valence-electron chi connectivity index (χ4n) is 3.57. The highest BCUT2D eigenvalue weighted by molar-refractivity contribution is 5.97. The average Bonchev–Trinajstić information content (AvgIpc) is 2.68. The number of likely N-dealkylation sites (N-methyl/N-ethyl adjacent to an activating group) is 1. The number of rotatable bonds is 6. The van der Waals surface area contributed by atoms with Gasteiger partial charge in [-0.3, -0.25) is 24.8 Å². The second-order valence-corrected chi connectivity index (χ2v) is 6.59. The van der Waals surface area contributed by atoms with Gasteiger partial charge in [-0.2, -0.15) is 0 Å². The van der Waals surface area contributed by atoms with Gasteiger partial charge in [-0.15, -0.1) is 0 Å². The highest BCUT2D eigenvalue weighted by atomic mass is 16.6. The van der Waals surface area contributed by atoms with E-state index >= 15 is 0 Å². The van der Waals surface area contributed by atoms with Gasteiger partial charge in [-0.1, -0.05) is 0 Å². The number of hydrogen-bond donors (Lipinski definition) is 0. The number of carbonyl (C=O) groups is 1. The van der Waals surface area contributed by atoms with Crippen LogP contribution in [0.1, 0.15) is 13.8 Å². The first kappa shape index (κ1) is 19.0. The number of carbonyl (C=O) groups excluding carboxylic acids is 1. The number of amides is 1. The summed E-state index contributed by atoms with van der Waals surface area (Å²) in [5.74, 6) is 0.163. The summed E-state index contributed by atoms with van der Waals surface area (Å²) in [7, 11) is 0. The molecule has 0 N–H and O–H groups in total. The number of benzene rings is 1. The van der Waals surface area contributed by atoms with Crippen molar-refractivity contribution in [1.29, 1.82) is 0 Å². The molecule has 0 saturated carbocycles. The van der Waals surface area contributed by atoms with Crippen molar-refractivity contribution < 1.29 is 9.72 Å². The topological polar surface area (TPSA) is 82.8 Å². The van der Waals surface area contributed by atoms with Crippen molar-refractivity contribution in [2.45, 2.75) is 13.8 Å². The first-order chi connectivity index (χ1) is 13.0. The maximum Gasteiger partial charge on any atom is 0.278 e. The van der Waals surface area contributed by atoms with Crippen LogP contribution in [0.3, 0.4) is 0 Å². The van der Waals surface area contributed by atoms with Gasteiger partial charge in [-0.05, 0) is 32.0 Å². The molecular weight excluding hydrogens is 346 g/mol. The van der Waals surface area contributed by atoms with Crippen molar-refractivity contribution in [2.24, 2.45) is 0 Å². The van der Waals surface area contributed by atoms with Crippen LogP contribution in [0.2, 0.25) is 0 Å². The summed E-state index contributed by atoms with van der Waals surface area (Å²) >= 11 is 0. The summed E-state index contributed by atoms with van der Waals surface area (Å²) in [6.07, 6.45) is 1.66. The molecule has 0 unspecified atom stereocenters. The molecule has 1 amide bonds. The lowest BCUT2D eigenvalue weighted by Gasteiger charge is -2.36. The maximum atomic E-state index is 12.3. The number of nitro benzene ring substituents is 1. The molecule has 3 rings (SSSR count). The molecule has 1 aliphatic rings. The molecule has 2 heterocycles. The Morgan fingerprint density at radius 1 is 1.19 bits per heavy atom. The number of anilines is 1.